The van der Waals surface area contributed by atoms with Crippen LogP contribution in [-0.4, -0.2) is 21.9 Å². The first kappa shape index (κ1) is 20.1. The van der Waals surface area contributed by atoms with Crippen LogP contribution in [0.5, 0.6) is 0 Å². The van der Waals surface area contributed by atoms with Crippen LogP contribution in [0, 0.1) is 18.3 Å². The normalized spacial score (nSPS) is 10.3. The number of carbonyl (C=O) groups is 1. The third-order valence-electron chi connectivity index (χ3n) is 3.76. The lowest BCUT2D eigenvalue weighted by Crippen LogP contribution is -2.13. The fourth-order valence-corrected chi connectivity index (χ4v) is 4.04. The molecule has 9 heteroatoms. The monoisotopic (exact) mass is 429 g/mol. The first-order valence-electron chi connectivity index (χ1n) is 8.29. The summed E-state index contributed by atoms with van der Waals surface area (Å²) in [6.45, 7) is 1.93. The van der Waals surface area contributed by atoms with Crippen molar-refractivity contribution in [3.05, 3.63) is 58.6 Å². The second kappa shape index (κ2) is 9.55. The Balaban J connectivity index is 1.52. The standard InChI is InChI=1S/C19H16ClN5OS2/c1-12-15(20)3-2-4-16(12)23-18-24-25-19(28-18)27-11-17(26)22-14-7-5-13(6-8-14)9-10-21/h2-8H,9,11H2,1H3,(H,22,26)(H,23,24). The molecule has 0 saturated heterocycles. The van der Waals surface area contributed by atoms with E-state index < -0.39 is 0 Å². The summed E-state index contributed by atoms with van der Waals surface area (Å²) in [5.74, 6) is 0.0959. The zero-order chi connectivity index (χ0) is 19.9. The van der Waals surface area contributed by atoms with Gasteiger partial charge in [0, 0.05) is 16.4 Å². The number of carbonyl (C=O) groups excluding carboxylic acids is 1. The Hall–Kier alpha value is -2.60. The maximum atomic E-state index is 12.1. The molecule has 0 aliphatic rings. The quantitative estimate of drug-likeness (QED) is 0.511. The highest BCUT2D eigenvalue weighted by molar-refractivity contribution is 8.01. The van der Waals surface area contributed by atoms with Gasteiger partial charge in [-0.25, -0.2) is 0 Å². The molecule has 28 heavy (non-hydrogen) atoms. The van der Waals surface area contributed by atoms with E-state index in [2.05, 4.69) is 26.9 Å². The van der Waals surface area contributed by atoms with Crippen molar-refractivity contribution in [2.24, 2.45) is 0 Å². The maximum Gasteiger partial charge on any atom is 0.234 e. The molecule has 142 valence electrons. The van der Waals surface area contributed by atoms with Gasteiger partial charge in [0.1, 0.15) is 0 Å². The molecule has 0 radical (unpaired) electrons. The van der Waals surface area contributed by atoms with Crippen molar-refractivity contribution in [1.29, 1.82) is 5.26 Å². The zero-order valence-electron chi connectivity index (χ0n) is 14.9. The zero-order valence-corrected chi connectivity index (χ0v) is 17.3. The number of nitrogens with one attached hydrogen (secondary N) is 2. The van der Waals surface area contributed by atoms with Crippen molar-refractivity contribution < 1.29 is 4.79 Å². The molecule has 3 rings (SSSR count). The van der Waals surface area contributed by atoms with Gasteiger partial charge in [0.2, 0.25) is 11.0 Å². The third kappa shape index (κ3) is 5.45. The molecule has 2 aromatic carbocycles. The second-order valence-corrected chi connectivity index (χ2v) is 8.39. The van der Waals surface area contributed by atoms with Crippen LogP contribution in [0.15, 0.2) is 46.8 Å². The van der Waals surface area contributed by atoms with Gasteiger partial charge in [-0.2, -0.15) is 5.26 Å². The van der Waals surface area contributed by atoms with Gasteiger partial charge in [-0.1, -0.05) is 52.9 Å². The molecule has 0 spiro atoms. The molecular formula is C19H16ClN5OS2. The van der Waals surface area contributed by atoms with Crippen molar-refractivity contribution in [3.63, 3.8) is 0 Å². The number of nitrogens with zero attached hydrogens (tertiary/aromatic N) is 3. The van der Waals surface area contributed by atoms with Gasteiger partial charge in [0.15, 0.2) is 4.34 Å². The van der Waals surface area contributed by atoms with E-state index in [4.69, 9.17) is 16.9 Å². The summed E-state index contributed by atoms with van der Waals surface area (Å²) in [6, 6.07) is 14.9. The molecule has 0 aliphatic carbocycles. The number of anilines is 3. The summed E-state index contributed by atoms with van der Waals surface area (Å²) in [7, 11) is 0. The molecule has 6 nitrogen and oxygen atoms in total. The second-order valence-electron chi connectivity index (χ2n) is 5.78. The largest absolute Gasteiger partial charge is 0.330 e. The number of rotatable bonds is 7. The predicted molar refractivity (Wildman–Crippen MR) is 114 cm³/mol. The minimum absolute atomic E-state index is 0.131. The number of nitriles is 1. The van der Waals surface area contributed by atoms with Crippen LogP contribution in [0.2, 0.25) is 5.02 Å². The van der Waals surface area contributed by atoms with Crippen LogP contribution < -0.4 is 10.6 Å². The molecule has 1 aromatic heterocycles. The lowest BCUT2D eigenvalue weighted by molar-refractivity contribution is -0.113. The van der Waals surface area contributed by atoms with Gasteiger partial charge in [0.25, 0.3) is 0 Å². The summed E-state index contributed by atoms with van der Waals surface area (Å²) < 4.78 is 0.696. The average Bonchev–Trinajstić information content (AvgIpc) is 3.13. The van der Waals surface area contributed by atoms with Gasteiger partial charge >= 0.3 is 0 Å². The summed E-state index contributed by atoms with van der Waals surface area (Å²) in [4.78, 5) is 12.1. The molecule has 3 aromatic rings. The lowest BCUT2D eigenvalue weighted by atomic mass is 10.1. The number of hydrogen-bond donors (Lipinski definition) is 2. The van der Waals surface area contributed by atoms with Crippen LogP contribution in [0.25, 0.3) is 0 Å². The average molecular weight is 430 g/mol. The Kier molecular flexibility index (Phi) is 6.87. The predicted octanol–water partition coefficient (Wildman–Crippen LogP) is 5.04. The van der Waals surface area contributed by atoms with Gasteiger partial charge < -0.3 is 10.6 Å². The molecule has 1 amide bonds. The van der Waals surface area contributed by atoms with Gasteiger partial charge in [-0.3, -0.25) is 4.79 Å². The summed E-state index contributed by atoms with van der Waals surface area (Å²) >= 11 is 8.82. The highest BCUT2D eigenvalue weighted by Crippen LogP contribution is 2.30. The highest BCUT2D eigenvalue weighted by atomic mass is 35.5. The Morgan fingerprint density at radius 3 is 2.79 bits per heavy atom. The van der Waals surface area contributed by atoms with E-state index in [9.17, 15) is 4.79 Å². The van der Waals surface area contributed by atoms with Crippen LogP contribution in [0.1, 0.15) is 11.1 Å². The molecule has 0 fully saturated rings. The van der Waals surface area contributed by atoms with E-state index in [1.807, 2.05) is 37.3 Å². The topological polar surface area (TPSA) is 90.7 Å². The molecule has 1 heterocycles. The number of halogens is 1. The van der Waals surface area contributed by atoms with Crippen LogP contribution >= 0.6 is 34.7 Å². The molecule has 2 N–H and O–H groups in total. The third-order valence-corrected chi connectivity index (χ3v) is 6.14. The van der Waals surface area contributed by atoms with Gasteiger partial charge in [0.05, 0.1) is 18.2 Å². The molecule has 0 aliphatic heterocycles. The molecule has 0 unspecified atom stereocenters. The van der Waals surface area contributed by atoms with Crippen molar-refractivity contribution >= 4 is 57.1 Å². The molecular weight excluding hydrogens is 414 g/mol. The number of thioether (sulfide) groups is 1. The van der Waals surface area contributed by atoms with Crippen LogP contribution in [-0.2, 0) is 11.2 Å². The number of benzene rings is 2. The molecule has 0 bridgehead atoms. The fraction of sp³-hybridized carbons (Fsp3) is 0.158. The maximum absolute atomic E-state index is 12.1. The van der Waals surface area contributed by atoms with Crippen LogP contribution in [0.3, 0.4) is 0 Å². The fourth-order valence-electron chi connectivity index (χ4n) is 2.30. The van der Waals surface area contributed by atoms with Gasteiger partial charge in [-0.15, -0.1) is 10.2 Å². The van der Waals surface area contributed by atoms with E-state index in [0.717, 1.165) is 16.8 Å². The Labute approximate surface area is 175 Å². The summed E-state index contributed by atoms with van der Waals surface area (Å²) in [5.41, 5.74) is 3.42. The first-order valence-corrected chi connectivity index (χ1v) is 10.5. The SMILES string of the molecule is Cc1c(Cl)cccc1Nc1nnc(SCC(=O)Nc2ccc(CC#N)cc2)s1. The first-order chi connectivity index (χ1) is 13.5. The number of aromatic nitrogens is 2. The number of hydrogen-bond acceptors (Lipinski definition) is 7. The van der Waals surface area contributed by atoms with E-state index in [-0.39, 0.29) is 11.7 Å². The van der Waals surface area contributed by atoms with Crippen molar-refractivity contribution in [3.8, 4) is 6.07 Å². The summed E-state index contributed by atoms with van der Waals surface area (Å²) in [5, 5.41) is 24.2. The van der Waals surface area contributed by atoms with Crippen molar-refractivity contribution in [1.82, 2.24) is 10.2 Å². The van der Waals surface area contributed by atoms with E-state index in [1.54, 1.807) is 12.1 Å². The lowest BCUT2D eigenvalue weighted by Gasteiger charge is -2.07. The Morgan fingerprint density at radius 2 is 2.04 bits per heavy atom. The minimum Gasteiger partial charge on any atom is -0.330 e. The highest BCUT2D eigenvalue weighted by Gasteiger charge is 2.10. The Morgan fingerprint density at radius 1 is 1.25 bits per heavy atom. The van der Waals surface area contributed by atoms with Crippen molar-refractivity contribution in [2.75, 3.05) is 16.4 Å². The van der Waals surface area contributed by atoms with Crippen molar-refractivity contribution in [2.45, 2.75) is 17.7 Å². The Bertz CT molecular complexity index is 1010. The number of amides is 1. The van der Waals surface area contributed by atoms with E-state index in [1.165, 1.54) is 23.1 Å². The van der Waals surface area contributed by atoms with Crippen LogP contribution in [0.4, 0.5) is 16.5 Å². The minimum atomic E-state index is -0.131. The smallest absolute Gasteiger partial charge is 0.234 e. The molecule has 0 atom stereocenters. The van der Waals surface area contributed by atoms with E-state index in [0.29, 0.717) is 26.6 Å². The molecule has 0 saturated carbocycles. The van der Waals surface area contributed by atoms with Gasteiger partial charge in [-0.05, 0) is 42.3 Å². The summed E-state index contributed by atoms with van der Waals surface area (Å²) in [6.07, 6.45) is 0.353. The van der Waals surface area contributed by atoms with E-state index >= 15 is 0 Å².